The number of halogens is 2. The lowest BCUT2D eigenvalue weighted by atomic mass is 10.2. The summed E-state index contributed by atoms with van der Waals surface area (Å²) >= 11 is 11.8. The predicted octanol–water partition coefficient (Wildman–Crippen LogP) is 2.79. The maximum atomic E-state index is 12.0. The Kier molecular flexibility index (Phi) is 5.13. The molecule has 1 aromatic carbocycles. The smallest absolute Gasteiger partial charge is 0.251 e. The molecule has 1 aromatic rings. The molecule has 0 aromatic heterocycles. The number of amides is 1. The van der Waals surface area contributed by atoms with Gasteiger partial charge in [-0.15, -0.1) is 0 Å². The van der Waals surface area contributed by atoms with Crippen LogP contribution in [0.1, 0.15) is 30.1 Å². The molecule has 110 valence electrons. The van der Waals surface area contributed by atoms with Gasteiger partial charge in [0, 0.05) is 24.7 Å². The predicted molar refractivity (Wildman–Crippen MR) is 83.5 cm³/mol. The van der Waals surface area contributed by atoms with Crippen LogP contribution in [0.3, 0.4) is 0 Å². The van der Waals surface area contributed by atoms with E-state index in [1.165, 1.54) is 25.0 Å². The van der Waals surface area contributed by atoms with Gasteiger partial charge in [-0.2, -0.15) is 0 Å². The van der Waals surface area contributed by atoms with Crippen molar-refractivity contribution in [3.8, 4) is 0 Å². The molecule has 2 rings (SSSR count). The number of anilines is 1. The van der Waals surface area contributed by atoms with Crippen LogP contribution in [0.5, 0.6) is 0 Å². The number of carbonyl (C=O) groups is 1. The highest BCUT2D eigenvalue weighted by molar-refractivity contribution is 6.39. The SMILES string of the molecule is CCN(CCNC(=O)c1cc(Cl)c(N)c(Cl)c1)C1CC1. The van der Waals surface area contributed by atoms with E-state index in [1.54, 1.807) is 0 Å². The minimum Gasteiger partial charge on any atom is -0.396 e. The van der Waals surface area contributed by atoms with Crippen molar-refractivity contribution >= 4 is 34.8 Å². The van der Waals surface area contributed by atoms with Crippen molar-refractivity contribution in [2.75, 3.05) is 25.4 Å². The minimum atomic E-state index is -0.180. The highest BCUT2D eigenvalue weighted by atomic mass is 35.5. The number of hydrogen-bond acceptors (Lipinski definition) is 3. The summed E-state index contributed by atoms with van der Waals surface area (Å²) in [6.45, 7) is 4.63. The first-order valence-corrected chi connectivity index (χ1v) is 7.55. The van der Waals surface area contributed by atoms with Crippen LogP contribution in [0.15, 0.2) is 12.1 Å². The summed E-state index contributed by atoms with van der Waals surface area (Å²) in [6.07, 6.45) is 2.54. The van der Waals surface area contributed by atoms with Gasteiger partial charge in [-0.05, 0) is 31.5 Å². The number of nitrogens with one attached hydrogen (secondary N) is 1. The molecule has 0 heterocycles. The van der Waals surface area contributed by atoms with Crippen LogP contribution in [0.4, 0.5) is 5.69 Å². The summed E-state index contributed by atoms with van der Waals surface area (Å²) in [5, 5.41) is 3.48. The largest absolute Gasteiger partial charge is 0.396 e. The average molecular weight is 316 g/mol. The topological polar surface area (TPSA) is 58.4 Å². The van der Waals surface area contributed by atoms with Crippen molar-refractivity contribution in [3.63, 3.8) is 0 Å². The van der Waals surface area contributed by atoms with E-state index in [2.05, 4.69) is 17.1 Å². The fourth-order valence-corrected chi connectivity index (χ4v) is 2.66. The van der Waals surface area contributed by atoms with Gasteiger partial charge in [-0.25, -0.2) is 0 Å². The highest BCUT2D eigenvalue weighted by Crippen LogP contribution is 2.29. The minimum absolute atomic E-state index is 0.180. The summed E-state index contributed by atoms with van der Waals surface area (Å²) in [5.41, 5.74) is 6.38. The zero-order valence-corrected chi connectivity index (χ0v) is 13.0. The molecule has 0 spiro atoms. The Labute approximate surface area is 129 Å². The van der Waals surface area contributed by atoms with Gasteiger partial charge in [0.1, 0.15) is 0 Å². The molecule has 0 saturated heterocycles. The van der Waals surface area contributed by atoms with Gasteiger partial charge in [0.25, 0.3) is 5.91 Å². The van der Waals surface area contributed by atoms with Crippen molar-refractivity contribution in [1.29, 1.82) is 0 Å². The Balaban J connectivity index is 1.88. The molecule has 4 nitrogen and oxygen atoms in total. The van der Waals surface area contributed by atoms with Gasteiger partial charge >= 0.3 is 0 Å². The summed E-state index contributed by atoms with van der Waals surface area (Å²) < 4.78 is 0. The maximum Gasteiger partial charge on any atom is 0.251 e. The molecule has 0 bridgehead atoms. The van der Waals surface area contributed by atoms with Crippen LogP contribution in [0.2, 0.25) is 10.0 Å². The number of carbonyl (C=O) groups excluding carboxylic acids is 1. The molecule has 6 heteroatoms. The third-order valence-corrected chi connectivity index (χ3v) is 4.12. The number of rotatable bonds is 6. The number of nitrogens with two attached hydrogens (primary N) is 1. The van der Waals surface area contributed by atoms with Crippen LogP contribution in [-0.2, 0) is 0 Å². The fraction of sp³-hybridized carbons (Fsp3) is 0.500. The number of benzene rings is 1. The molecule has 1 saturated carbocycles. The van der Waals surface area contributed by atoms with E-state index >= 15 is 0 Å². The van der Waals surface area contributed by atoms with Gasteiger partial charge in [-0.3, -0.25) is 9.69 Å². The Hall–Kier alpha value is -0.970. The van der Waals surface area contributed by atoms with E-state index in [0.29, 0.717) is 33.9 Å². The second-order valence-corrected chi connectivity index (χ2v) is 5.78. The quantitative estimate of drug-likeness (QED) is 0.794. The fourth-order valence-electron chi connectivity index (χ4n) is 2.17. The van der Waals surface area contributed by atoms with E-state index in [0.717, 1.165) is 13.1 Å². The zero-order valence-electron chi connectivity index (χ0n) is 11.5. The Morgan fingerprint density at radius 2 is 2.00 bits per heavy atom. The summed E-state index contributed by atoms with van der Waals surface area (Å²) in [5.74, 6) is -0.180. The van der Waals surface area contributed by atoms with Crippen molar-refractivity contribution < 1.29 is 4.79 Å². The van der Waals surface area contributed by atoms with Gasteiger partial charge in [0.15, 0.2) is 0 Å². The monoisotopic (exact) mass is 315 g/mol. The second-order valence-electron chi connectivity index (χ2n) is 4.97. The standard InChI is InChI=1S/C14H19Cl2N3O/c1-2-19(10-3-4-10)6-5-18-14(20)9-7-11(15)13(17)12(16)8-9/h7-8,10H,2-6,17H2,1H3,(H,18,20). The van der Waals surface area contributed by atoms with Crippen molar-refractivity contribution in [2.45, 2.75) is 25.8 Å². The first-order valence-electron chi connectivity index (χ1n) is 6.79. The molecule has 0 unspecified atom stereocenters. The molecule has 1 aliphatic rings. The molecule has 3 N–H and O–H groups in total. The maximum absolute atomic E-state index is 12.0. The van der Waals surface area contributed by atoms with Gasteiger partial charge in [0.05, 0.1) is 15.7 Å². The lowest BCUT2D eigenvalue weighted by Crippen LogP contribution is -2.36. The molecular weight excluding hydrogens is 297 g/mol. The molecule has 1 aliphatic carbocycles. The molecule has 1 amide bonds. The van der Waals surface area contributed by atoms with Gasteiger partial charge in [0.2, 0.25) is 0 Å². The Morgan fingerprint density at radius 3 is 2.50 bits per heavy atom. The van der Waals surface area contributed by atoms with Gasteiger partial charge in [-0.1, -0.05) is 30.1 Å². The van der Waals surface area contributed by atoms with Crippen molar-refractivity contribution in [1.82, 2.24) is 10.2 Å². The number of hydrogen-bond donors (Lipinski definition) is 2. The number of nitrogens with zero attached hydrogens (tertiary/aromatic N) is 1. The normalized spacial score (nSPS) is 14.6. The van der Waals surface area contributed by atoms with E-state index in [-0.39, 0.29) is 5.91 Å². The molecule has 0 atom stereocenters. The third kappa shape index (κ3) is 3.78. The average Bonchev–Trinajstić information content (AvgIpc) is 3.24. The van der Waals surface area contributed by atoms with Gasteiger partial charge < -0.3 is 11.1 Å². The summed E-state index contributed by atoms with van der Waals surface area (Å²) in [7, 11) is 0. The van der Waals surface area contributed by atoms with Crippen molar-refractivity contribution in [3.05, 3.63) is 27.7 Å². The van der Waals surface area contributed by atoms with Crippen LogP contribution in [-0.4, -0.2) is 36.5 Å². The molecule has 1 fully saturated rings. The number of nitrogen functional groups attached to an aromatic ring is 1. The Bertz CT molecular complexity index is 480. The summed E-state index contributed by atoms with van der Waals surface area (Å²) in [6, 6.07) is 3.78. The lowest BCUT2D eigenvalue weighted by Gasteiger charge is -2.19. The van der Waals surface area contributed by atoms with Crippen molar-refractivity contribution in [2.24, 2.45) is 0 Å². The lowest BCUT2D eigenvalue weighted by molar-refractivity contribution is 0.0948. The third-order valence-electron chi connectivity index (χ3n) is 3.50. The van der Waals surface area contributed by atoms with E-state index in [9.17, 15) is 4.79 Å². The second kappa shape index (κ2) is 6.66. The first-order chi connectivity index (χ1) is 9.52. The summed E-state index contributed by atoms with van der Waals surface area (Å²) in [4.78, 5) is 14.4. The van der Waals surface area contributed by atoms with Crippen LogP contribution < -0.4 is 11.1 Å². The van der Waals surface area contributed by atoms with E-state index in [4.69, 9.17) is 28.9 Å². The van der Waals surface area contributed by atoms with E-state index < -0.39 is 0 Å². The number of likely N-dealkylation sites (N-methyl/N-ethyl adjacent to an activating group) is 1. The van der Waals surface area contributed by atoms with Crippen LogP contribution in [0, 0.1) is 0 Å². The molecule has 20 heavy (non-hydrogen) atoms. The Morgan fingerprint density at radius 1 is 1.40 bits per heavy atom. The molecular formula is C14H19Cl2N3O. The molecule has 0 radical (unpaired) electrons. The van der Waals surface area contributed by atoms with Crippen LogP contribution in [0.25, 0.3) is 0 Å². The van der Waals surface area contributed by atoms with E-state index in [1.807, 2.05) is 0 Å². The zero-order chi connectivity index (χ0) is 14.7. The highest BCUT2D eigenvalue weighted by Gasteiger charge is 2.27. The molecule has 0 aliphatic heterocycles. The first kappa shape index (κ1) is 15.4. The van der Waals surface area contributed by atoms with Crippen LogP contribution >= 0.6 is 23.2 Å².